The topological polar surface area (TPSA) is 43.8 Å². The molecule has 1 saturated carbocycles. The van der Waals surface area contributed by atoms with Crippen LogP contribution in [0.1, 0.15) is 38.1 Å². The molecule has 3 nitrogen and oxygen atoms in total. The zero-order valence-corrected chi connectivity index (χ0v) is 10.6. The smallest absolute Gasteiger partial charge is 0.151 e. The van der Waals surface area contributed by atoms with Crippen LogP contribution in [0.3, 0.4) is 0 Å². The van der Waals surface area contributed by atoms with Crippen molar-refractivity contribution >= 4 is 11.0 Å². The van der Waals surface area contributed by atoms with Gasteiger partial charge in [-0.05, 0) is 31.4 Å². The molecule has 1 atom stereocenters. The molecule has 0 aliphatic heterocycles. The molecule has 0 bridgehead atoms. The summed E-state index contributed by atoms with van der Waals surface area (Å²) in [5.74, 6) is 0.699. The molecule has 1 aliphatic carbocycles. The molecule has 18 heavy (non-hydrogen) atoms. The molecule has 1 aromatic heterocycles. The van der Waals surface area contributed by atoms with E-state index in [-0.39, 0.29) is 11.9 Å². The van der Waals surface area contributed by atoms with Crippen molar-refractivity contribution < 1.29 is 4.39 Å². The lowest BCUT2D eigenvalue weighted by atomic mass is 10.1. The van der Waals surface area contributed by atoms with Crippen molar-refractivity contribution in [1.29, 1.82) is 0 Å². The van der Waals surface area contributed by atoms with Gasteiger partial charge in [0.25, 0.3) is 0 Å². The minimum absolute atomic E-state index is 0.0994. The highest BCUT2D eigenvalue weighted by atomic mass is 19.1. The number of imidazole rings is 1. The predicted octanol–water partition coefficient (Wildman–Crippen LogP) is 2.79. The molecular formula is C14H18FN3. The highest BCUT2D eigenvalue weighted by Gasteiger charge is 2.29. The minimum Gasteiger partial charge on any atom is -0.327 e. The number of nitrogens with zero attached hydrogens (tertiary/aromatic N) is 2. The van der Waals surface area contributed by atoms with E-state index in [4.69, 9.17) is 5.73 Å². The van der Waals surface area contributed by atoms with E-state index in [1.165, 1.54) is 6.07 Å². The predicted molar refractivity (Wildman–Crippen MR) is 69.9 cm³/mol. The summed E-state index contributed by atoms with van der Waals surface area (Å²) >= 11 is 0. The van der Waals surface area contributed by atoms with E-state index in [1.54, 1.807) is 6.07 Å². The molecule has 1 aromatic carbocycles. The van der Waals surface area contributed by atoms with E-state index < -0.39 is 0 Å². The Balaban J connectivity index is 2.11. The van der Waals surface area contributed by atoms with Gasteiger partial charge < -0.3 is 10.3 Å². The molecule has 0 spiro atoms. The number of fused-ring (bicyclic) bond motifs is 1. The van der Waals surface area contributed by atoms with Gasteiger partial charge in [-0.15, -0.1) is 0 Å². The second-order valence-corrected chi connectivity index (χ2v) is 5.11. The Labute approximate surface area is 106 Å². The minimum atomic E-state index is -0.238. The highest BCUT2D eigenvalue weighted by Crippen LogP contribution is 2.39. The lowest BCUT2D eigenvalue weighted by Gasteiger charge is -2.11. The second kappa shape index (κ2) is 4.35. The average molecular weight is 247 g/mol. The van der Waals surface area contributed by atoms with Crippen molar-refractivity contribution in [1.82, 2.24) is 9.55 Å². The molecule has 1 unspecified atom stereocenters. The quantitative estimate of drug-likeness (QED) is 0.902. The summed E-state index contributed by atoms with van der Waals surface area (Å²) in [6.45, 7) is 2.06. The number of halogens is 1. The number of para-hydroxylation sites is 1. The number of aromatic nitrogens is 2. The first-order valence-corrected chi connectivity index (χ1v) is 6.61. The summed E-state index contributed by atoms with van der Waals surface area (Å²) in [6, 6.07) is 5.76. The van der Waals surface area contributed by atoms with Crippen molar-refractivity contribution in [3.05, 3.63) is 29.8 Å². The molecule has 1 fully saturated rings. The van der Waals surface area contributed by atoms with Gasteiger partial charge in [0.1, 0.15) is 11.3 Å². The van der Waals surface area contributed by atoms with Crippen LogP contribution in [0.15, 0.2) is 18.2 Å². The third-order valence-electron chi connectivity index (χ3n) is 3.63. The molecule has 4 heteroatoms. The standard InChI is InChI=1S/C14H18FN3/c1-2-9(16)8-13-17-14-11(15)4-3-5-12(14)18(13)10-6-7-10/h3-5,9-10H,2,6-8,16H2,1H3. The van der Waals surface area contributed by atoms with Crippen LogP contribution in [0.4, 0.5) is 4.39 Å². The number of benzene rings is 1. The van der Waals surface area contributed by atoms with Gasteiger partial charge in [0, 0.05) is 18.5 Å². The fourth-order valence-corrected chi connectivity index (χ4v) is 2.39. The number of hydrogen-bond acceptors (Lipinski definition) is 2. The van der Waals surface area contributed by atoms with E-state index in [0.717, 1.165) is 37.0 Å². The van der Waals surface area contributed by atoms with Crippen LogP contribution in [0.5, 0.6) is 0 Å². The number of rotatable bonds is 4. The monoisotopic (exact) mass is 247 g/mol. The molecule has 1 heterocycles. The van der Waals surface area contributed by atoms with Crippen molar-refractivity contribution in [3.8, 4) is 0 Å². The van der Waals surface area contributed by atoms with Crippen LogP contribution in [-0.4, -0.2) is 15.6 Å². The molecule has 96 valence electrons. The maximum absolute atomic E-state index is 13.8. The highest BCUT2D eigenvalue weighted by molar-refractivity contribution is 5.77. The second-order valence-electron chi connectivity index (χ2n) is 5.11. The molecule has 2 aromatic rings. The van der Waals surface area contributed by atoms with Gasteiger partial charge in [0.15, 0.2) is 5.82 Å². The van der Waals surface area contributed by atoms with Crippen LogP contribution in [0, 0.1) is 5.82 Å². The lowest BCUT2D eigenvalue weighted by Crippen LogP contribution is -2.23. The van der Waals surface area contributed by atoms with Crippen molar-refractivity contribution in [2.24, 2.45) is 5.73 Å². The van der Waals surface area contributed by atoms with Crippen molar-refractivity contribution in [2.75, 3.05) is 0 Å². The molecule has 2 N–H and O–H groups in total. The Kier molecular flexibility index (Phi) is 2.82. The summed E-state index contributed by atoms with van der Waals surface area (Å²) in [5.41, 5.74) is 7.41. The normalized spacial score (nSPS) is 17.3. The summed E-state index contributed by atoms with van der Waals surface area (Å²) < 4.78 is 16.0. The van der Waals surface area contributed by atoms with Crippen LogP contribution < -0.4 is 5.73 Å². The van der Waals surface area contributed by atoms with Crippen molar-refractivity contribution in [3.63, 3.8) is 0 Å². The van der Waals surface area contributed by atoms with Gasteiger partial charge in [-0.2, -0.15) is 0 Å². The summed E-state index contributed by atoms with van der Waals surface area (Å²) in [6.07, 6.45) is 3.96. The third-order valence-corrected chi connectivity index (χ3v) is 3.63. The third kappa shape index (κ3) is 1.90. The SMILES string of the molecule is CCC(N)Cc1nc2c(F)cccc2n1C1CC1. The molecule has 0 radical (unpaired) electrons. The molecular weight excluding hydrogens is 229 g/mol. The first-order chi connectivity index (χ1) is 8.70. The van der Waals surface area contributed by atoms with Crippen LogP contribution >= 0.6 is 0 Å². The van der Waals surface area contributed by atoms with Crippen molar-refractivity contribution in [2.45, 2.75) is 44.7 Å². The van der Waals surface area contributed by atoms with E-state index in [1.807, 2.05) is 6.07 Å². The Bertz CT molecular complexity index is 572. The van der Waals surface area contributed by atoms with E-state index >= 15 is 0 Å². The fourth-order valence-electron chi connectivity index (χ4n) is 2.39. The Morgan fingerprint density at radius 1 is 1.50 bits per heavy atom. The first kappa shape index (κ1) is 11.7. The largest absolute Gasteiger partial charge is 0.327 e. The van der Waals surface area contributed by atoms with Gasteiger partial charge in [0.05, 0.1) is 5.52 Å². The van der Waals surface area contributed by atoms with E-state index in [2.05, 4.69) is 16.5 Å². The zero-order chi connectivity index (χ0) is 12.7. The number of nitrogens with two attached hydrogens (primary N) is 1. The average Bonchev–Trinajstić information content (AvgIpc) is 3.12. The lowest BCUT2D eigenvalue weighted by molar-refractivity contribution is 0.592. The van der Waals surface area contributed by atoms with Gasteiger partial charge in [-0.1, -0.05) is 13.0 Å². The molecule has 1 aliphatic rings. The van der Waals surface area contributed by atoms with E-state index in [9.17, 15) is 4.39 Å². The van der Waals surface area contributed by atoms with E-state index in [0.29, 0.717) is 11.6 Å². The van der Waals surface area contributed by atoms with Gasteiger partial charge in [-0.3, -0.25) is 0 Å². The summed E-state index contributed by atoms with van der Waals surface area (Å²) in [5, 5.41) is 0. The summed E-state index contributed by atoms with van der Waals surface area (Å²) in [4.78, 5) is 4.47. The van der Waals surface area contributed by atoms with Gasteiger partial charge in [0.2, 0.25) is 0 Å². The van der Waals surface area contributed by atoms with Crippen LogP contribution in [0.25, 0.3) is 11.0 Å². The maximum Gasteiger partial charge on any atom is 0.151 e. The zero-order valence-electron chi connectivity index (χ0n) is 10.6. The molecule has 0 saturated heterocycles. The van der Waals surface area contributed by atoms with Crippen LogP contribution in [0.2, 0.25) is 0 Å². The Hall–Kier alpha value is -1.42. The Morgan fingerprint density at radius 3 is 2.94 bits per heavy atom. The molecule has 3 rings (SSSR count). The first-order valence-electron chi connectivity index (χ1n) is 6.61. The van der Waals surface area contributed by atoms with Gasteiger partial charge >= 0.3 is 0 Å². The molecule has 0 amide bonds. The number of hydrogen-bond donors (Lipinski definition) is 1. The Morgan fingerprint density at radius 2 is 2.28 bits per heavy atom. The van der Waals surface area contributed by atoms with Crippen LogP contribution in [-0.2, 0) is 6.42 Å². The van der Waals surface area contributed by atoms with Gasteiger partial charge in [-0.25, -0.2) is 9.37 Å². The maximum atomic E-state index is 13.8. The summed E-state index contributed by atoms with van der Waals surface area (Å²) in [7, 11) is 0. The fraction of sp³-hybridized carbons (Fsp3) is 0.500.